The lowest BCUT2D eigenvalue weighted by atomic mass is 10.2. The van der Waals surface area contributed by atoms with Crippen molar-refractivity contribution in [3.8, 4) is 11.5 Å². The minimum atomic E-state index is -2.49. The van der Waals surface area contributed by atoms with E-state index in [1.807, 2.05) is 24.3 Å². The molecule has 2 aromatic rings. The van der Waals surface area contributed by atoms with Gasteiger partial charge >= 0.3 is 0 Å². The standard InChI is InChI=1S/C21H26F2N4O2.HI/c1-24-21(25-14-16-5-4-6-17(13-16)29-15-20(22)23)27-11-9-26(10-12-27)18-7-2-3-8-19(18)28;/h2-8,13,20,28H,9-12,14-15H2,1H3,(H,24,25);1H. The molecule has 1 fully saturated rings. The normalized spacial score (nSPS) is 14.5. The first-order chi connectivity index (χ1) is 14.1. The summed E-state index contributed by atoms with van der Waals surface area (Å²) in [5.74, 6) is 1.49. The number of piperazine rings is 1. The van der Waals surface area contributed by atoms with E-state index in [1.54, 1.807) is 31.3 Å². The van der Waals surface area contributed by atoms with E-state index in [9.17, 15) is 13.9 Å². The molecular weight excluding hydrogens is 505 g/mol. The molecule has 1 saturated heterocycles. The SMILES string of the molecule is CN=C(NCc1cccc(OCC(F)F)c1)N1CCN(c2ccccc2O)CC1.I. The van der Waals surface area contributed by atoms with Crippen molar-refractivity contribution in [1.29, 1.82) is 0 Å². The van der Waals surface area contributed by atoms with Crippen molar-refractivity contribution in [2.75, 3.05) is 44.7 Å². The van der Waals surface area contributed by atoms with Gasteiger partial charge in [0.1, 0.15) is 18.1 Å². The average molecular weight is 532 g/mol. The molecule has 0 unspecified atom stereocenters. The molecule has 6 nitrogen and oxygen atoms in total. The maximum absolute atomic E-state index is 12.3. The van der Waals surface area contributed by atoms with Crippen LogP contribution >= 0.6 is 24.0 Å². The smallest absolute Gasteiger partial charge is 0.272 e. The lowest BCUT2D eigenvalue weighted by molar-refractivity contribution is 0.0818. The number of nitrogens with zero attached hydrogens (tertiary/aromatic N) is 3. The van der Waals surface area contributed by atoms with Gasteiger partial charge in [0, 0.05) is 39.8 Å². The van der Waals surface area contributed by atoms with Crippen LogP contribution in [0.2, 0.25) is 0 Å². The van der Waals surface area contributed by atoms with Crippen LogP contribution in [0, 0.1) is 0 Å². The van der Waals surface area contributed by atoms with Gasteiger partial charge in [-0.25, -0.2) is 8.78 Å². The monoisotopic (exact) mass is 532 g/mol. The number of alkyl halides is 2. The summed E-state index contributed by atoms with van der Waals surface area (Å²) in [7, 11) is 1.74. The number of halogens is 3. The Morgan fingerprint density at radius 3 is 2.53 bits per heavy atom. The number of phenols is 1. The number of hydrogen-bond acceptors (Lipinski definition) is 4. The summed E-state index contributed by atoms with van der Waals surface area (Å²) < 4.78 is 29.7. The van der Waals surface area contributed by atoms with Gasteiger partial charge in [0.25, 0.3) is 6.43 Å². The zero-order chi connectivity index (χ0) is 20.6. The second-order valence-corrected chi connectivity index (χ2v) is 6.71. The predicted molar refractivity (Wildman–Crippen MR) is 125 cm³/mol. The molecule has 2 aromatic carbocycles. The highest BCUT2D eigenvalue weighted by molar-refractivity contribution is 14.0. The van der Waals surface area contributed by atoms with E-state index in [1.165, 1.54) is 0 Å². The quantitative estimate of drug-likeness (QED) is 0.339. The summed E-state index contributed by atoms with van der Waals surface area (Å²) in [6.45, 7) is 2.99. The Labute approximate surface area is 192 Å². The number of aromatic hydroxyl groups is 1. The summed E-state index contributed by atoms with van der Waals surface area (Å²) in [6, 6.07) is 14.5. The van der Waals surface area contributed by atoms with Crippen LogP contribution < -0.4 is 15.0 Å². The number of nitrogens with one attached hydrogen (secondary N) is 1. The first-order valence-corrected chi connectivity index (χ1v) is 9.55. The van der Waals surface area contributed by atoms with Crippen LogP contribution in [-0.2, 0) is 6.54 Å². The fraction of sp³-hybridized carbons (Fsp3) is 0.381. The van der Waals surface area contributed by atoms with Crippen molar-refractivity contribution < 1.29 is 18.6 Å². The highest BCUT2D eigenvalue weighted by Gasteiger charge is 2.21. The lowest BCUT2D eigenvalue weighted by Gasteiger charge is -2.37. The molecular formula is C21H27F2IN4O2. The Morgan fingerprint density at radius 2 is 1.87 bits per heavy atom. The Hall–Kier alpha value is -2.30. The number of anilines is 1. The number of para-hydroxylation sites is 2. The summed E-state index contributed by atoms with van der Waals surface area (Å²) in [6.07, 6.45) is -2.49. The number of aliphatic imine (C=N–C) groups is 1. The molecule has 0 saturated carbocycles. The number of hydrogen-bond donors (Lipinski definition) is 2. The predicted octanol–water partition coefficient (Wildman–Crippen LogP) is 3.55. The van der Waals surface area contributed by atoms with Gasteiger partial charge in [0.2, 0.25) is 0 Å². The maximum atomic E-state index is 12.3. The fourth-order valence-electron chi connectivity index (χ4n) is 3.31. The Morgan fingerprint density at radius 1 is 1.13 bits per heavy atom. The molecule has 0 bridgehead atoms. The number of rotatable bonds is 6. The van der Waals surface area contributed by atoms with Gasteiger partial charge < -0.3 is 25.0 Å². The molecule has 164 valence electrons. The van der Waals surface area contributed by atoms with E-state index in [-0.39, 0.29) is 29.7 Å². The van der Waals surface area contributed by atoms with E-state index < -0.39 is 13.0 Å². The van der Waals surface area contributed by atoms with Gasteiger partial charge in [-0.1, -0.05) is 24.3 Å². The molecule has 0 amide bonds. The van der Waals surface area contributed by atoms with E-state index in [0.29, 0.717) is 12.3 Å². The Kier molecular flexibility index (Phi) is 9.41. The first kappa shape index (κ1) is 24.0. The third kappa shape index (κ3) is 6.61. The van der Waals surface area contributed by atoms with Crippen molar-refractivity contribution in [3.05, 3.63) is 54.1 Å². The first-order valence-electron chi connectivity index (χ1n) is 9.55. The largest absolute Gasteiger partial charge is 0.506 e. The minimum absolute atomic E-state index is 0. The van der Waals surface area contributed by atoms with Crippen LogP contribution in [0.15, 0.2) is 53.5 Å². The van der Waals surface area contributed by atoms with Crippen LogP contribution in [0.4, 0.5) is 14.5 Å². The summed E-state index contributed by atoms with van der Waals surface area (Å²) >= 11 is 0. The second kappa shape index (κ2) is 11.8. The van der Waals surface area contributed by atoms with Crippen LogP contribution in [0.5, 0.6) is 11.5 Å². The second-order valence-electron chi connectivity index (χ2n) is 6.71. The molecule has 0 aromatic heterocycles. The van der Waals surface area contributed by atoms with E-state index in [0.717, 1.165) is 43.4 Å². The molecule has 0 aliphatic carbocycles. The number of phenolic OH excluding ortho intramolecular Hbond substituents is 1. The van der Waals surface area contributed by atoms with Crippen LogP contribution in [0.3, 0.4) is 0 Å². The molecule has 3 rings (SSSR count). The molecule has 0 atom stereocenters. The van der Waals surface area contributed by atoms with Crippen LogP contribution in [0.1, 0.15) is 5.56 Å². The molecule has 1 aliphatic heterocycles. The maximum Gasteiger partial charge on any atom is 0.272 e. The van der Waals surface area contributed by atoms with Crippen molar-refractivity contribution in [2.24, 2.45) is 4.99 Å². The van der Waals surface area contributed by atoms with Gasteiger partial charge in [-0.3, -0.25) is 4.99 Å². The van der Waals surface area contributed by atoms with Crippen molar-refractivity contribution >= 4 is 35.6 Å². The highest BCUT2D eigenvalue weighted by Crippen LogP contribution is 2.27. The van der Waals surface area contributed by atoms with E-state index in [2.05, 4.69) is 20.1 Å². The Balaban J connectivity index is 0.00000320. The van der Waals surface area contributed by atoms with Crippen molar-refractivity contribution in [3.63, 3.8) is 0 Å². The zero-order valence-corrected chi connectivity index (χ0v) is 19.1. The zero-order valence-electron chi connectivity index (χ0n) is 16.8. The molecule has 2 N–H and O–H groups in total. The van der Waals surface area contributed by atoms with Gasteiger partial charge in [-0.2, -0.15) is 0 Å². The number of ether oxygens (including phenoxy) is 1. The van der Waals surface area contributed by atoms with Gasteiger partial charge in [-0.15, -0.1) is 24.0 Å². The summed E-state index contributed by atoms with van der Waals surface area (Å²) in [5.41, 5.74) is 1.77. The number of guanidine groups is 1. The minimum Gasteiger partial charge on any atom is -0.506 e. The van der Waals surface area contributed by atoms with E-state index in [4.69, 9.17) is 4.74 Å². The molecule has 0 radical (unpaired) electrons. The van der Waals surface area contributed by atoms with Gasteiger partial charge in [0.15, 0.2) is 5.96 Å². The fourth-order valence-corrected chi connectivity index (χ4v) is 3.31. The van der Waals surface area contributed by atoms with Gasteiger partial charge in [0.05, 0.1) is 5.69 Å². The summed E-state index contributed by atoms with van der Waals surface area (Å²) in [4.78, 5) is 8.67. The molecule has 9 heteroatoms. The highest BCUT2D eigenvalue weighted by atomic mass is 127. The average Bonchev–Trinajstić information content (AvgIpc) is 2.74. The molecule has 30 heavy (non-hydrogen) atoms. The van der Waals surface area contributed by atoms with Crippen LogP contribution in [-0.4, -0.2) is 62.2 Å². The topological polar surface area (TPSA) is 60.3 Å². The lowest BCUT2D eigenvalue weighted by Crippen LogP contribution is -2.52. The molecule has 1 aliphatic rings. The van der Waals surface area contributed by atoms with Gasteiger partial charge in [-0.05, 0) is 29.8 Å². The van der Waals surface area contributed by atoms with Crippen molar-refractivity contribution in [2.45, 2.75) is 13.0 Å². The summed E-state index contributed by atoms with van der Waals surface area (Å²) in [5, 5.41) is 13.4. The molecule has 0 spiro atoms. The third-order valence-corrected chi connectivity index (χ3v) is 4.74. The third-order valence-electron chi connectivity index (χ3n) is 4.74. The van der Waals surface area contributed by atoms with Crippen molar-refractivity contribution in [1.82, 2.24) is 10.2 Å². The van der Waals surface area contributed by atoms with E-state index >= 15 is 0 Å². The van der Waals surface area contributed by atoms with Crippen LogP contribution in [0.25, 0.3) is 0 Å². The Bertz CT molecular complexity index is 830. The molecule has 1 heterocycles. The number of benzene rings is 2.